The van der Waals surface area contributed by atoms with Crippen LogP contribution in [0, 0.1) is 0 Å². The molecule has 0 fully saturated rings. The summed E-state index contributed by atoms with van der Waals surface area (Å²) >= 11 is 3.66. The summed E-state index contributed by atoms with van der Waals surface area (Å²) in [6.07, 6.45) is 0. The topological polar surface area (TPSA) is 30.7 Å². The van der Waals surface area contributed by atoms with Crippen LogP contribution < -0.4 is 0 Å². The predicted molar refractivity (Wildman–Crippen MR) is 228 cm³/mol. The van der Waals surface area contributed by atoms with Crippen molar-refractivity contribution in [2.45, 2.75) is 0 Å². The minimum atomic E-state index is 0.686. The lowest BCUT2D eigenvalue weighted by Gasteiger charge is -2.12. The van der Waals surface area contributed by atoms with Gasteiger partial charge in [-0.15, -0.1) is 22.7 Å². The number of benzene rings is 8. The Balaban J connectivity index is 1.18. The maximum Gasteiger partial charge on any atom is 0.235 e. The van der Waals surface area contributed by atoms with Crippen LogP contribution in [0.5, 0.6) is 0 Å². The first-order chi connectivity index (χ1) is 26.3. The summed E-state index contributed by atoms with van der Waals surface area (Å²) in [6, 6.07) is 59.1. The Morgan fingerprint density at radius 1 is 0.415 bits per heavy atom. The molecule has 0 unspecified atom stereocenters. The summed E-state index contributed by atoms with van der Waals surface area (Å²) in [7, 11) is 0. The number of thiophene rings is 2. The number of aromatic nitrogens is 3. The van der Waals surface area contributed by atoms with Crippen molar-refractivity contribution in [2.75, 3.05) is 0 Å². The third-order valence-electron chi connectivity index (χ3n) is 10.8. The molecule has 4 aromatic heterocycles. The Labute approximate surface area is 311 Å². The second-order valence-electron chi connectivity index (χ2n) is 13.7. The van der Waals surface area contributed by atoms with Crippen molar-refractivity contribution in [3.05, 3.63) is 164 Å². The molecule has 0 bridgehead atoms. The van der Waals surface area contributed by atoms with Gasteiger partial charge in [0.05, 0.1) is 26.9 Å². The van der Waals surface area contributed by atoms with E-state index < -0.39 is 0 Å². The van der Waals surface area contributed by atoms with Gasteiger partial charge in [0.25, 0.3) is 0 Å². The molecular formula is C48H27N3S2. The Morgan fingerprint density at radius 3 is 1.85 bits per heavy atom. The molecule has 53 heavy (non-hydrogen) atoms. The molecule has 0 saturated heterocycles. The fourth-order valence-electron chi connectivity index (χ4n) is 8.49. The van der Waals surface area contributed by atoms with E-state index in [0.29, 0.717) is 5.95 Å². The molecule has 0 N–H and O–H groups in total. The van der Waals surface area contributed by atoms with E-state index in [-0.39, 0.29) is 0 Å². The third-order valence-corrected chi connectivity index (χ3v) is 13.2. The highest BCUT2D eigenvalue weighted by atomic mass is 32.1. The van der Waals surface area contributed by atoms with Crippen molar-refractivity contribution in [2.24, 2.45) is 0 Å². The zero-order valence-electron chi connectivity index (χ0n) is 28.2. The molecule has 0 radical (unpaired) electrons. The van der Waals surface area contributed by atoms with Crippen molar-refractivity contribution < 1.29 is 0 Å². The second-order valence-corrected chi connectivity index (χ2v) is 15.8. The monoisotopic (exact) mass is 709 g/mol. The smallest absolute Gasteiger partial charge is 0.235 e. The quantitative estimate of drug-likeness (QED) is 0.183. The van der Waals surface area contributed by atoms with Gasteiger partial charge in [0.2, 0.25) is 5.95 Å². The fraction of sp³-hybridized carbons (Fsp3) is 0. The van der Waals surface area contributed by atoms with E-state index in [1.54, 1.807) is 11.3 Å². The van der Waals surface area contributed by atoms with Crippen LogP contribution in [0.3, 0.4) is 0 Å². The molecule has 0 amide bonds. The SMILES string of the molecule is c1ccc2c(-c3ccc(-c4nc(-n5c6ccccc6c6c7sc8ccccc8c7c7ccccc7c65)nc5c4sc4ccccc45)cc3)cccc2c1. The van der Waals surface area contributed by atoms with Gasteiger partial charge >= 0.3 is 0 Å². The molecule has 0 aliphatic carbocycles. The Bertz CT molecular complexity index is 3450. The first-order valence-corrected chi connectivity index (χ1v) is 19.5. The van der Waals surface area contributed by atoms with Crippen LogP contribution in [-0.4, -0.2) is 14.5 Å². The molecule has 4 heterocycles. The van der Waals surface area contributed by atoms with E-state index in [0.717, 1.165) is 37.9 Å². The van der Waals surface area contributed by atoms with Crippen LogP contribution in [0.25, 0.3) is 112 Å². The molecule has 0 atom stereocenters. The number of rotatable bonds is 3. The minimum absolute atomic E-state index is 0.686. The van der Waals surface area contributed by atoms with Crippen LogP contribution in [0.15, 0.2) is 164 Å². The molecule has 12 rings (SSSR count). The Kier molecular flexibility index (Phi) is 6.09. The van der Waals surface area contributed by atoms with Crippen LogP contribution in [0.1, 0.15) is 0 Å². The first-order valence-electron chi connectivity index (χ1n) is 17.8. The van der Waals surface area contributed by atoms with Crippen molar-refractivity contribution in [1.29, 1.82) is 0 Å². The highest BCUT2D eigenvalue weighted by molar-refractivity contribution is 7.27. The number of para-hydroxylation sites is 1. The van der Waals surface area contributed by atoms with E-state index in [1.807, 2.05) is 11.3 Å². The first kappa shape index (κ1) is 29.2. The van der Waals surface area contributed by atoms with Gasteiger partial charge in [-0.25, -0.2) is 9.97 Å². The van der Waals surface area contributed by atoms with E-state index in [9.17, 15) is 0 Å². The maximum absolute atomic E-state index is 5.56. The van der Waals surface area contributed by atoms with E-state index in [4.69, 9.17) is 9.97 Å². The molecule has 0 aliphatic rings. The molecule has 0 saturated carbocycles. The summed E-state index contributed by atoms with van der Waals surface area (Å²) in [4.78, 5) is 11.0. The highest BCUT2D eigenvalue weighted by Gasteiger charge is 2.24. The number of hydrogen-bond acceptors (Lipinski definition) is 4. The predicted octanol–water partition coefficient (Wildman–Crippen LogP) is 13.9. The highest BCUT2D eigenvalue weighted by Crippen LogP contribution is 2.48. The number of fused-ring (bicyclic) bond motifs is 14. The lowest BCUT2D eigenvalue weighted by Crippen LogP contribution is -2.03. The van der Waals surface area contributed by atoms with Gasteiger partial charge in [0.1, 0.15) is 0 Å². The van der Waals surface area contributed by atoms with E-state index in [2.05, 4.69) is 168 Å². The van der Waals surface area contributed by atoms with Gasteiger partial charge in [0.15, 0.2) is 0 Å². The number of nitrogens with zero attached hydrogens (tertiary/aromatic N) is 3. The van der Waals surface area contributed by atoms with Gasteiger partial charge in [-0.05, 0) is 45.5 Å². The summed E-state index contributed by atoms with van der Waals surface area (Å²) in [5, 5.41) is 11.2. The largest absolute Gasteiger partial charge is 0.277 e. The molecule has 5 heteroatoms. The standard InChI is InChI=1S/C48H27N3S2/c1-2-14-31-28(12-1)13-11-20-32(31)29-24-26-30(27-25-29)43-47-44(37-19-7-10-23-40(37)53-47)50-48(49-43)51-38-21-8-5-17-35(38)42-45(51)34-16-4-3-15-33(34)41-36-18-6-9-22-39(36)52-46(41)42/h1-27H. The average Bonchev–Trinajstić information content (AvgIpc) is 3.91. The van der Waals surface area contributed by atoms with Gasteiger partial charge in [-0.1, -0.05) is 146 Å². The average molecular weight is 710 g/mol. The molecule has 246 valence electrons. The summed E-state index contributed by atoms with van der Waals surface area (Å²) in [5.74, 6) is 0.686. The molecule has 8 aromatic carbocycles. The van der Waals surface area contributed by atoms with Crippen molar-refractivity contribution in [3.63, 3.8) is 0 Å². The van der Waals surface area contributed by atoms with Gasteiger partial charge in [-0.2, -0.15) is 0 Å². The summed E-state index contributed by atoms with van der Waals surface area (Å²) in [6.45, 7) is 0. The normalized spacial score (nSPS) is 12.2. The maximum atomic E-state index is 5.56. The van der Waals surface area contributed by atoms with Crippen LogP contribution in [0.2, 0.25) is 0 Å². The fourth-order valence-corrected chi connectivity index (χ4v) is 10.9. The zero-order chi connectivity index (χ0) is 34.6. The van der Waals surface area contributed by atoms with E-state index in [1.165, 1.54) is 68.3 Å². The molecule has 0 aliphatic heterocycles. The number of hydrogen-bond donors (Lipinski definition) is 0. The lowest BCUT2D eigenvalue weighted by atomic mass is 9.97. The molecule has 3 nitrogen and oxygen atoms in total. The Hall–Kier alpha value is -6.40. The second kappa shape index (κ2) is 11.1. The van der Waals surface area contributed by atoms with Crippen LogP contribution >= 0.6 is 22.7 Å². The summed E-state index contributed by atoms with van der Waals surface area (Å²) in [5.41, 5.74) is 7.69. The molecule has 0 spiro atoms. The third kappa shape index (κ3) is 4.15. The van der Waals surface area contributed by atoms with Crippen molar-refractivity contribution >= 4 is 106 Å². The molecule has 12 aromatic rings. The summed E-state index contributed by atoms with van der Waals surface area (Å²) < 4.78 is 7.25. The minimum Gasteiger partial charge on any atom is -0.277 e. The van der Waals surface area contributed by atoms with Crippen molar-refractivity contribution in [3.8, 4) is 28.3 Å². The van der Waals surface area contributed by atoms with Gasteiger partial charge < -0.3 is 0 Å². The van der Waals surface area contributed by atoms with E-state index >= 15 is 0 Å². The molecular weight excluding hydrogens is 683 g/mol. The van der Waals surface area contributed by atoms with Crippen molar-refractivity contribution in [1.82, 2.24) is 14.5 Å². The van der Waals surface area contributed by atoms with Crippen LogP contribution in [-0.2, 0) is 0 Å². The zero-order valence-corrected chi connectivity index (χ0v) is 29.9. The van der Waals surface area contributed by atoms with Crippen LogP contribution in [0.4, 0.5) is 0 Å². The van der Waals surface area contributed by atoms with Gasteiger partial charge in [0, 0.05) is 52.0 Å². The Morgan fingerprint density at radius 2 is 1.02 bits per heavy atom. The lowest BCUT2D eigenvalue weighted by molar-refractivity contribution is 1.02. The van der Waals surface area contributed by atoms with Gasteiger partial charge in [-0.3, -0.25) is 4.57 Å².